The molecule has 3 heteroatoms. The molecule has 110 valence electrons. The van der Waals surface area contributed by atoms with E-state index in [0.29, 0.717) is 13.0 Å². The predicted octanol–water partition coefficient (Wildman–Crippen LogP) is 2.67. The molecule has 1 aliphatic heterocycles. The number of fused-ring (bicyclic) bond motifs is 1. The van der Waals surface area contributed by atoms with Crippen LogP contribution < -0.4 is 0 Å². The van der Waals surface area contributed by atoms with E-state index in [1.165, 1.54) is 5.39 Å². The van der Waals surface area contributed by atoms with Gasteiger partial charge in [-0.25, -0.2) is 0 Å². The van der Waals surface area contributed by atoms with Crippen molar-refractivity contribution in [3.05, 3.63) is 48.0 Å². The van der Waals surface area contributed by atoms with Crippen LogP contribution in [-0.4, -0.2) is 43.0 Å². The van der Waals surface area contributed by atoms with Crippen LogP contribution in [0.2, 0.25) is 0 Å². The topological polar surface area (TPSA) is 29.5 Å². The quantitative estimate of drug-likeness (QED) is 0.864. The molecule has 0 N–H and O–H groups in total. The summed E-state index contributed by atoms with van der Waals surface area (Å²) in [7, 11) is 0. The Bertz CT molecular complexity index is 633. The van der Waals surface area contributed by atoms with Gasteiger partial charge in [-0.05, 0) is 22.9 Å². The van der Waals surface area contributed by atoms with Crippen LogP contribution in [0, 0.1) is 0 Å². The van der Waals surface area contributed by atoms with Crippen LogP contribution in [0.25, 0.3) is 10.8 Å². The van der Waals surface area contributed by atoms with Crippen LogP contribution in [0.1, 0.15) is 12.5 Å². The fourth-order valence-corrected chi connectivity index (χ4v) is 2.93. The summed E-state index contributed by atoms with van der Waals surface area (Å²) in [5, 5.41) is 2.35. The monoisotopic (exact) mass is 283 g/mol. The number of carbonyl (C=O) groups excluding carboxylic acids is 1. The third-order valence-corrected chi connectivity index (χ3v) is 4.20. The van der Waals surface area contributed by atoms with Crippen molar-refractivity contribution >= 4 is 16.6 Å². The van der Waals surface area contributed by atoms with E-state index in [4.69, 9.17) is 4.74 Å². The standard InChI is InChI=1S/C18H21NO2/c1-2-19-10-11-21-18(13-19)17(20)12-15-8-5-7-14-6-3-4-9-16(14)15/h3-9,18H,2,10-13H2,1H3. The summed E-state index contributed by atoms with van der Waals surface area (Å²) >= 11 is 0. The van der Waals surface area contributed by atoms with E-state index in [1.54, 1.807) is 0 Å². The fraction of sp³-hybridized carbons (Fsp3) is 0.389. The van der Waals surface area contributed by atoms with Crippen LogP contribution in [0.4, 0.5) is 0 Å². The summed E-state index contributed by atoms with van der Waals surface area (Å²) in [6.07, 6.45) is 0.168. The molecule has 2 aromatic carbocycles. The second-order valence-corrected chi connectivity index (χ2v) is 5.53. The van der Waals surface area contributed by atoms with Gasteiger partial charge in [-0.2, -0.15) is 0 Å². The zero-order valence-electron chi connectivity index (χ0n) is 12.4. The molecule has 1 aliphatic rings. The van der Waals surface area contributed by atoms with Gasteiger partial charge in [0.25, 0.3) is 0 Å². The minimum Gasteiger partial charge on any atom is -0.368 e. The first kappa shape index (κ1) is 14.2. The highest BCUT2D eigenvalue weighted by Crippen LogP contribution is 2.20. The van der Waals surface area contributed by atoms with Crippen LogP contribution >= 0.6 is 0 Å². The Morgan fingerprint density at radius 3 is 2.90 bits per heavy atom. The third kappa shape index (κ3) is 3.14. The van der Waals surface area contributed by atoms with Gasteiger partial charge in [-0.15, -0.1) is 0 Å². The van der Waals surface area contributed by atoms with Gasteiger partial charge in [-0.1, -0.05) is 49.4 Å². The van der Waals surface area contributed by atoms with Crippen molar-refractivity contribution in [1.29, 1.82) is 0 Å². The van der Waals surface area contributed by atoms with Gasteiger partial charge >= 0.3 is 0 Å². The Labute approximate surface area is 125 Å². The molecule has 0 aliphatic carbocycles. The maximum absolute atomic E-state index is 12.5. The number of ether oxygens (including phenoxy) is 1. The smallest absolute Gasteiger partial charge is 0.167 e. The van der Waals surface area contributed by atoms with E-state index in [0.717, 1.165) is 30.6 Å². The normalized spacial score (nSPS) is 19.8. The van der Waals surface area contributed by atoms with Crippen molar-refractivity contribution in [2.45, 2.75) is 19.4 Å². The summed E-state index contributed by atoms with van der Waals surface area (Å²) in [5.74, 6) is 0.185. The van der Waals surface area contributed by atoms with Crippen LogP contribution in [-0.2, 0) is 16.0 Å². The molecule has 0 radical (unpaired) electrons. The Hall–Kier alpha value is -1.71. The van der Waals surface area contributed by atoms with Gasteiger partial charge in [0.05, 0.1) is 6.61 Å². The lowest BCUT2D eigenvalue weighted by atomic mass is 9.98. The number of hydrogen-bond acceptors (Lipinski definition) is 3. The summed E-state index contributed by atoms with van der Waals surface area (Å²) in [4.78, 5) is 14.8. The number of Topliss-reactive ketones (excluding diaryl/α,β-unsaturated/α-hetero) is 1. The molecule has 3 rings (SSSR count). The van der Waals surface area contributed by atoms with Crippen molar-refractivity contribution in [1.82, 2.24) is 4.90 Å². The lowest BCUT2D eigenvalue weighted by molar-refractivity contribution is -0.135. The highest BCUT2D eigenvalue weighted by atomic mass is 16.5. The summed E-state index contributed by atoms with van der Waals surface area (Å²) in [6.45, 7) is 5.40. The highest BCUT2D eigenvalue weighted by Gasteiger charge is 2.25. The Kier molecular flexibility index (Phi) is 4.32. The van der Waals surface area contributed by atoms with E-state index < -0.39 is 0 Å². The van der Waals surface area contributed by atoms with Gasteiger partial charge in [0.1, 0.15) is 6.10 Å². The van der Waals surface area contributed by atoms with E-state index >= 15 is 0 Å². The molecule has 1 heterocycles. The summed E-state index contributed by atoms with van der Waals surface area (Å²) < 4.78 is 5.66. The number of benzene rings is 2. The summed E-state index contributed by atoms with van der Waals surface area (Å²) in [5.41, 5.74) is 1.09. The number of carbonyl (C=O) groups is 1. The number of rotatable bonds is 4. The highest BCUT2D eigenvalue weighted by molar-refractivity contribution is 5.92. The molecule has 1 atom stereocenters. The van der Waals surface area contributed by atoms with Gasteiger partial charge in [0.2, 0.25) is 0 Å². The molecule has 0 saturated carbocycles. The van der Waals surface area contributed by atoms with Crippen molar-refractivity contribution in [3.63, 3.8) is 0 Å². The molecule has 1 saturated heterocycles. The molecular weight excluding hydrogens is 262 g/mol. The predicted molar refractivity (Wildman–Crippen MR) is 84.5 cm³/mol. The average molecular weight is 283 g/mol. The average Bonchev–Trinajstić information content (AvgIpc) is 2.55. The van der Waals surface area contributed by atoms with Gasteiger partial charge in [0.15, 0.2) is 5.78 Å². The van der Waals surface area contributed by atoms with E-state index in [9.17, 15) is 4.79 Å². The third-order valence-electron chi connectivity index (χ3n) is 4.20. The van der Waals surface area contributed by atoms with Crippen LogP contribution in [0.3, 0.4) is 0 Å². The zero-order valence-corrected chi connectivity index (χ0v) is 12.4. The first-order chi connectivity index (χ1) is 10.3. The largest absolute Gasteiger partial charge is 0.368 e. The Morgan fingerprint density at radius 2 is 2.05 bits per heavy atom. The molecule has 0 bridgehead atoms. The fourth-order valence-electron chi connectivity index (χ4n) is 2.93. The number of likely N-dealkylation sites (N-methyl/N-ethyl adjacent to an activating group) is 1. The van der Waals surface area contributed by atoms with E-state index in [-0.39, 0.29) is 11.9 Å². The van der Waals surface area contributed by atoms with E-state index in [1.807, 2.05) is 24.3 Å². The second-order valence-electron chi connectivity index (χ2n) is 5.53. The van der Waals surface area contributed by atoms with Crippen molar-refractivity contribution in [2.24, 2.45) is 0 Å². The molecule has 1 unspecified atom stereocenters. The molecule has 2 aromatic rings. The molecule has 0 amide bonds. The molecule has 0 spiro atoms. The number of ketones is 1. The first-order valence-corrected chi connectivity index (χ1v) is 7.61. The molecule has 0 aromatic heterocycles. The van der Waals surface area contributed by atoms with Crippen molar-refractivity contribution in [3.8, 4) is 0 Å². The molecule has 21 heavy (non-hydrogen) atoms. The number of morpholine rings is 1. The van der Waals surface area contributed by atoms with Crippen LogP contribution in [0.5, 0.6) is 0 Å². The maximum atomic E-state index is 12.5. The SMILES string of the molecule is CCN1CCOC(C(=O)Cc2cccc3ccccc23)C1. The Balaban J connectivity index is 1.77. The zero-order chi connectivity index (χ0) is 14.7. The number of hydrogen-bond donors (Lipinski definition) is 0. The maximum Gasteiger partial charge on any atom is 0.167 e. The minimum atomic E-state index is -0.280. The minimum absolute atomic E-state index is 0.185. The lowest BCUT2D eigenvalue weighted by Gasteiger charge is -2.31. The van der Waals surface area contributed by atoms with Gasteiger partial charge < -0.3 is 4.74 Å². The van der Waals surface area contributed by atoms with Crippen molar-refractivity contribution in [2.75, 3.05) is 26.2 Å². The molecule has 1 fully saturated rings. The Morgan fingerprint density at radius 1 is 1.24 bits per heavy atom. The van der Waals surface area contributed by atoms with Gasteiger partial charge in [0, 0.05) is 19.5 Å². The molecule has 3 nitrogen and oxygen atoms in total. The summed E-state index contributed by atoms with van der Waals surface area (Å²) in [6, 6.07) is 14.4. The van der Waals surface area contributed by atoms with Gasteiger partial charge in [-0.3, -0.25) is 9.69 Å². The van der Waals surface area contributed by atoms with Crippen molar-refractivity contribution < 1.29 is 9.53 Å². The first-order valence-electron chi connectivity index (χ1n) is 7.61. The van der Waals surface area contributed by atoms with Crippen LogP contribution in [0.15, 0.2) is 42.5 Å². The van der Waals surface area contributed by atoms with E-state index in [2.05, 4.69) is 30.0 Å². The number of nitrogens with zero attached hydrogens (tertiary/aromatic N) is 1. The lowest BCUT2D eigenvalue weighted by Crippen LogP contribution is -2.46. The molecular formula is C18H21NO2. The second kappa shape index (κ2) is 6.37.